The van der Waals surface area contributed by atoms with Crippen molar-refractivity contribution in [1.29, 1.82) is 0 Å². The normalized spacial score (nSPS) is 16.0. The van der Waals surface area contributed by atoms with Gasteiger partial charge in [-0.2, -0.15) is 10.1 Å². The highest BCUT2D eigenvalue weighted by Gasteiger charge is 2.27. The number of aromatic nitrogens is 6. The summed E-state index contributed by atoms with van der Waals surface area (Å²) in [7, 11) is 1.62. The lowest BCUT2D eigenvalue weighted by molar-refractivity contribution is 0.0662. The second-order valence-corrected chi connectivity index (χ2v) is 7.93. The van der Waals surface area contributed by atoms with E-state index < -0.39 is 0 Å². The zero-order valence-corrected chi connectivity index (χ0v) is 18.1. The number of carbonyl (C=O) groups is 1. The molecule has 0 spiro atoms. The highest BCUT2D eigenvalue weighted by atomic mass is 16.5. The molecule has 0 aliphatic carbocycles. The predicted octanol–water partition coefficient (Wildman–Crippen LogP) is 3.02. The summed E-state index contributed by atoms with van der Waals surface area (Å²) in [5, 5.41) is 11.2. The molecular weight excluding hydrogens is 422 g/mol. The Labute approximate surface area is 190 Å². The van der Waals surface area contributed by atoms with Crippen LogP contribution in [0.2, 0.25) is 0 Å². The van der Waals surface area contributed by atoms with E-state index in [1.165, 1.54) is 0 Å². The van der Waals surface area contributed by atoms with Crippen molar-refractivity contribution < 1.29 is 14.1 Å². The number of methoxy groups -OCH3 is 1. The molecule has 168 valence electrons. The van der Waals surface area contributed by atoms with Crippen LogP contribution in [-0.2, 0) is 6.42 Å². The second kappa shape index (κ2) is 9.19. The Kier molecular flexibility index (Phi) is 5.79. The molecule has 4 heterocycles. The molecule has 1 aliphatic heterocycles. The molecule has 1 fully saturated rings. The van der Waals surface area contributed by atoms with Crippen molar-refractivity contribution in [3.8, 4) is 28.5 Å². The van der Waals surface area contributed by atoms with E-state index in [2.05, 4.69) is 30.3 Å². The lowest BCUT2D eigenvalue weighted by Gasteiger charge is -2.31. The predicted molar refractivity (Wildman–Crippen MR) is 118 cm³/mol. The van der Waals surface area contributed by atoms with Gasteiger partial charge in [-0.3, -0.25) is 14.9 Å². The molecule has 10 nitrogen and oxygen atoms in total. The van der Waals surface area contributed by atoms with Crippen LogP contribution < -0.4 is 4.74 Å². The Bertz CT molecular complexity index is 1240. The Balaban J connectivity index is 1.25. The van der Waals surface area contributed by atoms with E-state index >= 15 is 0 Å². The van der Waals surface area contributed by atoms with E-state index in [-0.39, 0.29) is 11.8 Å². The van der Waals surface area contributed by atoms with E-state index in [1.807, 2.05) is 29.2 Å². The second-order valence-electron chi connectivity index (χ2n) is 7.93. The third kappa shape index (κ3) is 4.45. The van der Waals surface area contributed by atoms with Gasteiger partial charge in [-0.25, -0.2) is 4.98 Å². The highest BCUT2D eigenvalue weighted by Crippen LogP contribution is 2.29. The van der Waals surface area contributed by atoms with E-state index in [1.54, 1.807) is 31.8 Å². The summed E-state index contributed by atoms with van der Waals surface area (Å²) in [5.41, 5.74) is 2.53. The number of aromatic amines is 1. The summed E-state index contributed by atoms with van der Waals surface area (Å²) in [5.74, 6) is 1.83. The van der Waals surface area contributed by atoms with Crippen molar-refractivity contribution in [2.75, 3.05) is 20.2 Å². The summed E-state index contributed by atoms with van der Waals surface area (Å²) >= 11 is 0. The van der Waals surface area contributed by atoms with Crippen LogP contribution in [0, 0.1) is 5.92 Å². The number of H-pyrrole nitrogens is 1. The zero-order chi connectivity index (χ0) is 22.6. The van der Waals surface area contributed by atoms with Crippen LogP contribution in [0.15, 0.2) is 53.4 Å². The molecule has 33 heavy (non-hydrogen) atoms. The third-order valence-electron chi connectivity index (χ3n) is 5.72. The lowest BCUT2D eigenvalue weighted by atomic mass is 9.94. The van der Waals surface area contributed by atoms with Gasteiger partial charge in [0.15, 0.2) is 0 Å². The number of nitrogens with one attached hydrogen (secondary N) is 1. The Morgan fingerprint density at radius 1 is 1.27 bits per heavy atom. The maximum Gasteiger partial charge on any atom is 0.271 e. The molecule has 10 heteroatoms. The van der Waals surface area contributed by atoms with Gasteiger partial charge in [0.1, 0.15) is 17.1 Å². The minimum atomic E-state index is -0.0703. The minimum absolute atomic E-state index is 0.0703. The van der Waals surface area contributed by atoms with Gasteiger partial charge in [0.25, 0.3) is 5.91 Å². The topological polar surface area (TPSA) is 123 Å². The molecule has 1 saturated heterocycles. The molecule has 0 unspecified atom stereocenters. The molecular formula is C23H23N7O3. The molecule has 1 N–H and O–H groups in total. The fraction of sp³-hybridized carbons (Fsp3) is 0.304. The first kappa shape index (κ1) is 20.8. The number of ether oxygens (including phenoxy) is 1. The molecule has 1 aromatic carbocycles. The van der Waals surface area contributed by atoms with Gasteiger partial charge in [-0.05, 0) is 37.0 Å². The third-order valence-corrected chi connectivity index (χ3v) is 5.72. The highest BCUT2D eigenvalue weighted by molar-refractivity contribution is 5.93. The summed E-state index contributed by atoms with van der Waals surface area (Å²) in [6.45, 7) is 1.32. The lowest BCUT2D eigenvalue weighted by Crippen LogP contribution is -2.40. The van der Waals surface area contributed by atoms with Crippen LogP contribution in [0.1, 0.15) is 29.2 Å². The number of para-hydroxylation sites is 1. The van der Waals surface area contributed by atoms with Crippen molar-refractivity contribution in [3.63, 3.8) is 0 Å². The molecule has 4 aromatic rings. The summed E-state index contributed by atoms with van der Waals surface area (Å²) in [6.07, 6.45) is 7.28. The first-order valence-corrected chi connectivity index (χ1v) is 10.8. The fourth-order valence-corrected chi connectivity index (χ4v) is 4.12. The maximum atomic E-state index is 13.1. The Morgan fingerprint density at radius 2 is 2.18 bits per heavy atom. The number of amides is 1. The van der Waals surface area contributed by atoms with Gasteiger partial charge >= 0.3 is 0 Å². The molecule has 5 rings (SSSR count). The smallest absolute Gasteiger partial charge is 0.271 e. The fourth-order valence-electron chi connectivity index (χ4n) is 4.12. The number of rotatable bonds is 6. The molecule has 0 bridgehead atoms. The Hall–Kier alpha value is -4.08. The van der Waals surface area contributed by atoms with Crippen LogP contribution in [0.25, 0.3) is 22.8 Å². The number of carbonyl (C=O) groups excluding carboxylic acids is 1. The number of likely N-dealkylation sites (tertiary alicyclic amines) is 1. The van der Waals surface area contributed by atoms with E-state index in [9.17, 15) is 4.79 Å². The van der Waals surface area contributed by atoms with Gasteiger partial charge in [-0.15, -0.1) is 0 Å². The van der Waals surface area contributed by atoms with Crippen molar-refractivity contribution in [1.82, 2.24) is 35.2 Å². The first-order chi connectivity index (χ1) is 16.2. The monoisotopic (exact) mass is 445 g/mol. The van der Waals surface area contributed by atoms with Gasteiger partial charge < -0.3 is 14.2 Å². The molecule has 3 aromatic heterocycles. The summed E-state index contributed by atoms with van der Waals surface area (Å²) < 4.78 is 10.8. The van der Waals surface area contributed by atoms with Crippen LogP contribution in [0.5, 0.6) is 5.75 Å². The van der Waals surface area contributed by atoms with Crippen molar-refractivity contribution >= 4 is 5.91 Å². The van der Waals surface area contributed by atoms with Crippen LogP contribution >= 0.6 is 0 Å². The molecule has 0 radical (unpaired) electrons. The molecule has 1 amide bonds. The molecule has 1 aliphatic rings. The average molecular weight is 445 g/mol. The number of benzene rings is 1. The average Bonchev–Trinajstić information content (AvgIpc) is 3.54. The molecule has 1 atom stereocenters. The van der Waals surface area contributed by atoms with Crippen LogP contribution in [-0.4, -0.2) is 61.3 Å². The Morgan fingerprint density at radius 3 is 3.03 bits per heavy atom. The molecule has 0 saturated carbocycles. The quantitative estimate of drug-likeness (QED) is 0.480. The van der Waals surface area contributed by atoms with Crippen molar-refractivity contribution in [2.45, 2.75) is 19.3 Å². The van der Waals surface area contributed by atoms with Crippen LogP contribution in [0.4, 0.5) is 0 Å². The number of hydrogen-bond acceptors (Lipinski definition) is 8. The summed E-state index contributed by atoms with van der Waals surface area (Å²) in [6, 6.07) is 9.37. The number of nitrogens with zero attached hydrogens (tertiary/aromatic N) is 6. The minimum Gasteiger partial charge on any atom is -0.496 e. The van der Waals surface area contributed by atoms with E-state index in [4.69, 9.17) is 9.26 Å². The van der Waals surface area contributed by atoms with Gasteiger partial charge in [0.05, 0.1) is 19.0 Å². The largest absolute Gasteiger partial charge is 0.496 e. The zero-order valence-electron chi connectivity index (χ0n) is 18.1. The van der Waals surface area contributed by atoms with Crippen LogP contribution in [0.3, 0.4) is 0 Å². The number of piperidine rings is 1. The standard InChI is InChI=1S/C23H23N7O3/c1-32-20-7-3-2-6-16(20)17-12-18(28-27-17)23(31)30-10-4-5-15(14-30)11-21-26-22(29-33-21)19-13-24-8-9-25-19/h2-3,6-9,12-13,15H,4-5,10-11,14H2,1H3,(H,27,28)/t15-/m1/s1. The number of hydrogen-bond donors (Lipinski definition) is 1. The van der Waals surface area contributed by atoms with Gasteiger partial charge in [0.2, 0.25) is 11.7 Å². The summed E-state index contributed by atoms with van der Waals surface area (Å²) in [4.78, 5) is 27.7. The van der Waals surface area contributed by atoms with Gasteiger partial charge in [-0.1, -0.05) is 17.3 Å². The first-order valence-electron chi connectivity index (χ1n) is 10.8. The van der Waals surface area contributed by atoms with E-state index in [0.29, 0.717) is 54.1 Å². The SMILES string of the molecule is COc1ccccc1-c1cc(C(=O)N2CCC[C@H](Cc3nc(-c4cnccn4)no3)C2)[nH]n1. The van der Waals surface area contributed by atoms with Crippen molar-refractivity contribution in [2.24, 2.45) is 5.92 Å². The van der Waals surface area contributed by atoms with Crippen molar-refractivity contribution in [3.05, 3.63) is 60.5 Å². The van der Waals surface area contributed by atoms with E-state index in [0.717, 1.165) is 18.4 Å². The van der Waals surface area contributed by atoms with Gasteiger partial charge in [0, 0.05) is 37.5 Å². The maximum absolute atomic E-state index is 13.1.